The molecule has 0 aliphatic rings. The third-order valence-electron chi connectivity index (χ3n) is 2.14. The summed E-state index contributed by atoms with van der Waals surface area (Å²) in [7, 11) is 0. The number of aromatic amines is 1. The van der Waals surface area contributed by atoms with E-state index < -0.39 is 0 Å². The molecule has 0 saturated heterocycles. The van der Waals surface area contributed by atoms with Crippen LogP contribution in [0.5, 0.6) is 0 Å². The van der Waals surface area contributed by atoms with Gasteiger partial charge in [-0.1, -0.05) is 17.3 Å². The van der Waals surface area contributed by atoms with Gasteiger partial charge in [0.2, 0.25) is 5.91 Å². The molecule has 1 aromatic carbocycles. The second-order valence-electron chi connectivity index (χ2n) is 3.41. The minimum absolute atomic E-state index is 0.128. The summed E-state index contributed by atoms with van der Waals surface area (Å²) in [6, 6.07) is 8.99. The fourth-order valence-corrected chi connectivity index (χ4v) is 1.42. The lowest BCUT2D eigenvalue weighted by molar-refractivity contribution is -0.114. The zero-order valence-corrected chi connectivity index (χ0v) is 9.06. The number of hydrogen-bond donors (Lipinski definition) is 2. The van der Waals surface area contributed by atoms with E-state index >= 15 is 0 Å². The predicted octanol–water partition coefficient (Wildman–Crippen LogP) is 1.30. The van der Waals surface area contributed by atoms with E-state index in [9.17, 15) is 4.79 Å². The number of nitriles is 1. The van der Waals surface area contributed by atoms with Gasteiger partial charge in [0.25, 0.3) is 0 Å². The van der Waals surface area contributed by atoms with Gasteiger partial charge in [0.15, 0.2) is 5.69 Å². The number of carbonyl (C=O) groups is 1. The molecular weight excluding hydrogens is 218 g/mol. The van der Waals surface area contributed by atoms with Crippen LogP contribution in [0.1, 0.15) is 12.6 Å². The molecule has 0 unspecified atom stereocenters. The number of H-pyrrole nitrogens is 1. The van der Waals surface area contributed by atoms with Gasteiger partial charge in [-0.2, -0.15) is 5.26 Å². The van der Waals surface area contributed by atoms with E-state index in [1.807, 2.05) is 6.07 Å². The lowest BCUT2D eigenvalue weighted by Crippen LogP contribution is -2.05. The van der Waals surface area contributed by atoms with Crippen LogP contribution in [0.25, 0.3) is 11.3 Å². The number of aromatic nitrogens is 3. The average Bonchev–Trinajstić information content (AvgIpc) is 2.77. The van der Waals surface area contributed by atoms with Gasteiger partial charge in [-0.05, 0) is 12.1 Å². The first kappa shape index (κ1) is 10.8. The Morgan fingerprint density at radius 1 is 1.41 bits per heavy atom. The predicted molar refractivity (Wildman–Crippen MR) is 60.8 cm³/mol. The summed E-state index contributed by atoms with van der Waals surface area (Å²) in [5, 5.41) is 21.4. The highest BCUT2D eigenvalue weighted by atomic mass is 16.1. The zero-order valence-electron chi connectivity index (χ0n) is 9.06. The Bertz CT molecular complexity index is 579. The number of carbonyl (C=O) groups excluding carboxylic acids is 1. The Morgan fingerprint density at radius 3 is 2.71 bits per heavy atom. The highest BCUT2D eigenvalue weighted by Gasteiger charge is 2.08. The van der Waals surface area contributed by atoms with Crippen LogP contribution in [0.3, 0.4) is 0 Å². The van der Waals surface area contributed by atoms with Gasteiger partial charge in [-0.3, -0.25) is 4.79 Å². The summed E-state index contributed by atoms with van der Waals surface area (Å²) < 4.78 is 0. The van der Waals surface area contributed by atoms with Crippen LogP contribution in [0.15, 0.2) is 24.3 Å². The average molecular weight is 227 g/mol. The zero-order chi connectivity index (χ0) is 12.3. The Hall–Kier alpha value is -2.68. The van der Waals surface area contributed by atoms with Gasteiger partial charge >= 0.3 is 0 Å². The van der Waals surface area contributed by atoms with E-state index in [4.69, 9.17) is 5.26 Å². The molecule has 1 amide bonds. The maximum atomic E-state index is 10.8. The minimum atomic E-state index is -0.128. The van der Waals surface area contributed by atoms with Crippen molar-refractivity contribution < 1.29 is 4.79 Å². The first-order valence-corrected chi connectivity index (χ1v) is 4.90. The molecular formula is C11H9N5O. The fourth-order valence-electron chi connectivity index (χ4n) is 1.42. The highest BCUT2D eigenvalue weighted by molar-refractivity contribution is 5.88. The molecule has 0 fully saturated rings. The number of rotatable bonds is 2. The molecule has 1 heterocycles. The first-order valence-electron chi connectivity index (χ1n) is 4.90. The Morgan fingerprint density at radius 2 is 2.12 bits per heavy atom. The Balaban J connectivity index is 2.30. The van der Waals surface area contributed by atoms with Crippen molar-refractivity contribution in [2.24, 2.45) is 0 Å². The van der Waals surface area contributed by atoms with Crippen LogP contribution in [-0.4, -0.2) is 21.3 Å². The number of benzene rings is 1. The lowest BCUT2D eigenvalue weighted by Gasteiger charge is -2.02. The smallest absolute Gasteiger partial charge is 0.221 e. The van der Waals surface area contributed by atoms with Crippen LogP contribution >= 0.6 is 0 Å². The molecule has 2 aromatic rings. The molecule has 6 heteroatoms. The summed E-state index contributed by atoms with van der Waals surface area (Å²) in [4.78, 5) is 10.8. The van der Waals surface area contributed by atoms with Crippen LogP contribution in [0.2, 0.25) is 0 Å². The van der Waals surface area contributed by atoms with E-state index in [-0.39, 0.29) is 5.91 Å². The number of nitrogens with one attached hydrogen (secondary N) is 2. The van der Waals surface area contributed by atoms with E-state index in [0.29, 0.717) is 17.1 Å². The monoisotopic (exact) mass is 227 g/mol. The maximum absolute atomic E-state index is 10.8. The molecule has 6 nitrogen and oxygen atoms in total. The molecule has 0 aliphatic heterocycles. The van der Waals surface area contributed by atoms with Gasteiger partial charge in [0.05, 0.1) is 0 Å². The third kappa shape index (κ3) is 2.29. The van der Waals surface area contributed by atoms with E-state index in [2.05, 4.69) is 20.7 Å². The van der Waals surface area contributed by atoms with Crippen molar-refractivity contribution in [3.8, 4) is 17.3 Å². The van der Waals surface area contributed by atoms with Crippen LogP contribution in [-0.2, 0) is 4.79 Å². The lowest BCUT2D eigenvalue weighted by atomic mass is 10.1. The SMILES string of the molecule is CC(=O)Nc1ccc(-c2nn[nH]c2C#N)cc1. The second-order valence-corrected chi connectivity index (χ2v) is 3.41. The summed E-state index contributed by atoms with van der Waals surface area (Å²) >= 11 is 0. The molecule has 0 saturated carbocycles. The van der Waals surface area contributed by atoms with E-state index in [1.54, 1.807) is 24.3 Å². The van der Waals surface area contributed by atoms with E-state index in [0.717, 1.165) is 5.56 Å². The van der Waals surface area contributed by atoms with Crippen molar-refractivity contribution in [2.45, 2.75) is 6.92 Å². The van der Waals surface area contributed by atoms with Gasteiger partial charge in [0.1, 0.15) is 11.8 Å². The normalized spacial score (nSPS) is 9.65. The van der Waals surface area contributed by atoms with Crippen LogP contribution < -0.4 is 5.32 Å². The Labute approximate surface area is 97.3 Å². The van der Waals surface area contributed by atoms with Crippen LogP contribution in [0.4, 0.5) is 5.69 Å². The van der Waals surface area contributed by atoms with Crippen molar-refractivity contribution in [1.29, 1.82) is 5.26 Å². The summed E-state index contributed by atoms with van der Waals surface area (Å²) in [6.45, 7) is 1.44. The molecule has 0 spiro atoms. The molecule has 84 valence electrons. The topological polar surface area (TPSA) is 94.5 Å². The summed E-state index contributed by atoms with van der Waals surface area (Å²) in [6.07, 6.45) is 0. The summed E-state index contributed by atoms with van der Waals surface area (Å²) in [5.41, 5.74) is 2.28. The maximum Gasteiger partial charge on any atom is 0.221 e. The number of anilines is 1. The summed E-state index contributed by atoms with van der Waals surface area (Å²) in [5.74, 6) is -0.128. The van der Waals surface area contributed by atoms with Crippen molar-refractivity contribution in [2.75, 3.05) is 5.32 Å². The van der Waals surface area contributed by atoms with Gasteiger partial charge in [0, 0.05) is 18.2 Å². The molecule has 1 aromatic heterocycles. The molecule has 0 bridgehead atoms. The first-order chi connectivity index (χ1) is 8.20. The molecule has 0 aliphatic carbocycles. The molecule has 0 radical (unpaired) electrons. The quantitative estimate of drug-likeness (QED) is 0.808. The largest absolute Gasteiger partial charge is 0.326 e. The number of nitrogens with zero attached hydrogens (tertiary/aromatic N) is 3. The van der Waals surface area contributed by atoms with E-state index in [1.165, 1.54) is 6.92 Å². The third-order valence-corrected chi connectivity index (χ3v) is 2.14. The second kappa shape index (κ2) is 4.45. The standard InChI is InChI=1S/C11H9N5O/c1-7(17)13-9-4-2-8(3-5-9)11-10(6-12)14-16-15-11/h2-5H,1H3,(H,13,17)(H,14,15,16). The van der Waals surface area contributed by atoms with Gasteiger partial charge in [-0.25, -0.2) is 5.10 Å². The fraction of sp³-hybridized carbons (Fsp3) is 0.0909. The van der Waals surface area contributed by atoms with Crippen molar-refractivity contribution in [3.63, 3.8) is 0 Å². The van der Waals surface area contributed by atoms with Crippen molar-refractivity contribution in [1.82, 2.24) is 15.4 Å². The Kier molecular flexibility index (Phi) is 2.83. The van der Waals surface area contributed by atoms with Gasteiger partial charge in [-0.15, -0.1) is 5.10 Å². The molecule has 2 N–H and O–H groups in total. The molecule has 2 rings (SSSR count). The molecule has 0 atom stereocenters. The van der Waals surface area contributed by atoms with Crippen LogP contribution in [0, 0.1) is 11.3 Å². The van der Waals surface area contributed by atoms with Crippen molar-refractivity contribution in [3.05, 3.63) is 30.0 Å². The number of amides is 1. The number of hydrogen-bond acceptors (Lipinski definition) is 4. The van der Waals surface area contributed by atoms with Crippen molar-refractivity contribution >= 4 is 11.6 Å². The molecule has 17 heavy (non-hydrogen) atoms. The van der Waals surface area contributed by atoms with Gasteiger partial charge < -0.3 is 5.32 Å². The minimum Gasteiger partial charge on any atom is -0.326 e. The highest BCUT2D eigenvalue weighted by Crippen LogP contribution is 2.21.